The second-order valence-corrected chi connectivity index (χ2v) is 8.11. The summed E-state index contributed by atoms with van der Waals surface area (Å²) in [6.45, 7) is 2.63. The lowest BCUT2D eigenvalue weighted by atomic mass is 9.89. The molecule has 0 spiro atoms. The normalized spacial score (nSPS) is 15.2. The molecule has 0 bridgehead atoms. The van der Waals surface area contributed by atoms with Crippen molar-refractivity contribution in [2.45, 2.75) is 6.42 Å². The summed E-state index contributed by atoms with van der Waals surface area (Å²) in [6.07, 6.45) is 0.970. The number of hydrogen-bond acceptors (Lipinski definition) is 5. The van der Waals surface area contributed by atoms with Crippen LogP contribution in [0.15, 0.2) is 66.7 Å². The van der Waals surface area contributed by atoms with Gasteiger partial charge in [-0.15, -0.1) is 0 Å². The fourth-order valence-corrected chi connectivity index (χ4v) is 4.74. The summed E-state index contributed by atoms with van der Waals surface area (Å²) < 4.78 is 16.6. The van der Waals surface area contributed by atoms with E-state index in [2.05, 4.69) is 64.4 Å². The predicted octanol–water partition coefficient (Wildman–Crippen LogP) is 4.92. The first kappa shape index (κ1) is 20.3. The first-order chi connectivity index (χ1) is 15.7. The molecule has 0 aromatic heterocycles. The number of nitrogens with zero attached hydrogens (tertiary/aromatic N) is 2. The molecule has 5 rings (SSSR count). The molecule has 0 aliphatic carbocycles. The Bertz CT molecular complexity index is 1140. The van der Waals surface area contributed by atoms with E-state index >= 15 is 0 Å². The van der Waals surface area contributed by atoms with Crippen molar-refractivity contribution in [2.75, 3.05) is 46.0 Å². The van der Waals surface area contributed by atoms with E-state index in [4.69, 9.17) is 14.2 Å². The molecule has 0 unspecified atom stereocenters. The van der Waals surface area contributed by atoms with Crippen LogP contribution >= 0.6 is 0 Å². The summed E-state index contributed by atoms with van der Waals surface area (Å²) in [5.41, 5.74) is 7.59. The van der Waals surface area contributed by atoms with E-state index in [-0.39, 0.29) is 0 Å². The molecule has 32 heavy (non-hydrogen) atoms. The summed E-state index contributed by atoms with van der Waals surface area (Å²) in [5.74, 6) is 2.43. The van der Waals surface area contributed by atoms with Gasteiger partial charge in [0.1, 0.15) is 5.75 Å². The van der Waals surface area contributed by atoms with Gasteiger partial charge in [0.15, 0.2) is 11.5 Å². The number of benzene rings is 3. The lowest BCUT2D eigenvalue weighted by Crippen LogP contribution is -2.45. The Morgan fingerprint density at radius 2 is 1.47 bits per heavy atom. The molecular weight excluding hydrogens is 400 g/mol. The Balaban J connectivity index is 1.64. The fraction of sp³-hybridized carbons (Fsp3) is 0.259. The Morgan fingerprint density at radius 3 is 2.16 bits per heavy atom. The van der Waals surface area contributed by atoms with Crippen LogP contribution in [0.1, 0.15) is 16.7 Å². The maximum absolute atomic E-state index is 5.65. The van der Waals surface area contributed by atoms with Gasteiger partial charge < -0.3 is 24.0 Å². The van der Waals surface area contributed by atoms with Gasteiger partial charge in [-0.05, 0) is 53.9 Å². The quantitative estimate of drug-likeness (QED) is 0.576. The average Bonchev–Trinajstić information content (AvgIpc) is 2.87. The highest BCUT2D eigenvalue weighted by molar-refractivity contribution is 5.95. The van der Waals surface area contributed by atoms with Gasteiger partial charge in [-0.1, -0.05) is 30.3 Å². The number of hydrogen-bond donors (Lipinski definition) is 0. The number of ether oxygens (including phenoxy) is 3. The molecule has 5 heteroatoms. The third kappa shape index (κ3) is 3.54. The predicted molar refractivity (Wildman–Crippen MR) is 128 cm³/mol. The average molecular weight is 429 g/mol. The Kier molecular flexibility index (Phi) is 5.39. The number of fused-ring (bicyclic) bond motifs is 3. The summed E-state index contributed by atoms with van der Waals surface area (Å²) in [6, 6.07) is 23.3. The van der Waals surface area contributed by atoms with Gasteiger partial charge in [0.2, 0.25) is 0 Å². The molecule has 0 N–H and O–H groups in total. The third-order valence-electron chi connectivity index (χ3n) is 6.37. The van der Waals surface area contributed by atoms with E-state index in [9.17, 15) is 0 Å². The van der Waals surface area contributed by atoms with Crippen LogP contribution in [0.2, 0.25) is 0 Å². The molecule has 0 saturated carbocycles. The van der Waals surface area contributed by atoms with Crippen LogP contribution in [-0.4, -0.2) is 46.0 Å². The Morgan fingerprint density at radius 1 is 0.750 bits per heavy atom. The van der Waals surface area contributed by atoms with Gasteiger partial charge in [0, 0.05) is 29.9 Å². The van der Waals surface area contributed by atoms with Crippen LogP contribution in [-0.2, 0) is 6.42 Å². The summed E-state index contributed by atoms with van der Waals surface area (Å²) >= 11 is 0. The topological polar surface area (TPSA) is 34.2 Å². The van der Waals surface area contributed by atoms with Crippen LogP contribution in [0.25, 0.3) is 11.3 Å². The van der Waals surface area contributed by atoms with Gasteiger partial charge >= 0.3 is 0 Å². The van der Waals surface area contributed by atoms with E-state index in [1.807, 2.05) is 12.1 Å². The van der Waals surface area contributed by atoms with Crippen molar-refractivity contribution in [3.8, 4) is 17.2 Å². The first-order valence-electron chi connectivity index (χ1n) is 10.9. The van der Waals surface area contributed by atoms with Crippen molar-refractivity contribution in [1.82, 2.24) is 4.90 Å². The van der Waals surface area contributed by atoms with E-state index in [1.54, 1.807) is 21.3 Å². The fourth-order valence-electron chi connectivity index (χ4n) is 4.74. The van der Waals surface area contributed by atoms with Gasteiger partial charge in [-0.3, -0.25) is 0 Å². The van der Waals surface area contributed by atoms with Crippen LogP contribution < -0.4 is 19.1 Å². The molecule has 0 atom stereocenters. The Hall–Kier alpha value is -3.60. The lowest BCUT2D eigenvalue weighted by Gasteiger charge is -2.44. The molecule has 2 aliphatic heterocycles. The van der Waals surface area contributed by atoms with Crippen LogP contribution in [0.3, 0.4) is 0 Å². The zero-order valence-corrected chi connectivity index (χ0v) is 18.8. The van der Waals surface area contributed by atoms with Crippen molar-refractivity contribution < 1.29 is 14.2 Å². The number of rotatable bonds is 5. The minimum Gasteiger partial charge on any atom is -0.497 e. The van der Waals surface area contributed by atoms with Crippen molar-refractivity contribution in [1.29, 1.82) is 0 Å². The second kappa shape index (κ2) is 8.50. The summed E-state index contributed by atoms with van der Waals surface area (Å²) in [5, 5.41) is 0. The lowest BCUT2D eigenvalue weighted by molar-refractivity contribution is 0.350. The molecule has 3 aromatic rings. The molecule has 2 heterocycles. The molecular formula is C27H28N2O3. The highest BCUT2D eigenvalue weighted by Gasteiger charge is 2.32. The maximum atomic E-state index is 5.65. The highest BCUT2D eigenvalue weighted by atomic mass is 16.5. The molecule has 2 aliphatic rings. The van der Waals surface area contributed by atoms with E-state index in [0.29, 0.717) is 0 Å². The molecule has 0 amide bonds. The molecule has 0 radical (unpaired) electrons. The van der Waals surface area contributed by atoms with Crippen LogP contribution in [0.4, 0.5) is 5.69 Å². The molecule has 0 fully saturated rings. The number of anilines is 1. The zero-order valence-electron chi connectivity index (χ0n) is 18.8. The maximum Gasteiger partial charge on any atom is 0.161 e. The highest BCUT2D eigenvalue weighted by Crippen LogP contribution is 2.43. The Labute approximate surface area is 189 Å². The first-order valence-corrected chi connectivity index (χ1v) is 10.9. The van der Waals surface area contributed by atoms with E-state index in [1.165, 1.54) is 33.6 Å². The third-order valence-corrected chi connectivity index (χ3v) is 6.37. The van der Waals surface area contributed by atoms with Gasteiger partial charge in [0.25, 0.3) is 0 Å². The van der Waals surface area contributed by atoms with Gasteiger partial charge in [-0.25, -0.2) is 0 Å². The van der Waals surface area contributed by atoms with Crippen LogP contribution in [0, 0.1) is 0 Å². The van der Waals surface area contributed by atoms with E-state index in [0.717, 1.165) is 43.4 Å². The second-order valence-electron chi connectivity index (χ2n) is 8.11. The zero-order chi connectivity index (χ0) is 22.1. The summed E-state index contributed by atoms with van der Waals surface area (Å²) in [4.78, 5) is 4.92. The van der Waals surface area contributed by atoms with Crippen LogP contribution in [0.5, 0.6) is 17.2 Å². The smallest absolute Gasteiger partial charge is 0.161 e. The van der Waals surface area contributed by atoms with E-state index < -0.39 is 0 Å². The minimum atomic E-state index is 0.769. The molecule has 5 nitrogen and oxygen atoms in total. The standard InChI is InChI=1S/C27H28N2O3/c1-30-22-11-9-21(10-12-22)29-17-24(19-7-5-4-6-8-19)27-23-16-26(32-3)25(31-2)15-20(23)13-14-28(27)18-29/h4-12,15-16H,13-14,17-18H2,1-3H3. The monoisotopic (exact) mass is 428 g/mol. The molecule has 3 aromatic carbocycles. The molecule has 164 valence electrons. The van der Waals surface area contributed by atoms with Crippen molar-refractivity contribution in [3.05, 3.63) is 83.4 Å². The van der Waals surface area contributed by atoms with Crippen molar-refractivity contribution in [3.63, 3.8) is 0 Å². The largest absolute Gasteiger partial charge is 0.497 e. The van der Waals surface area contributed by atoms with Gasteiger partial charge in [-0.2, -0.15) is 0 Å². The van der Waals surface area contributed by atoms with Crippen molar-refractivity contribution in [2.24, 2.45) is 0 Å². The van der Waals surface area contributed by atoms with Crippen molar-refractivity contribution >= 4 is 17.0 Å². The SMILES string of the molecule is COc1ccc(N2CC(c3ccccc3)=C3c4cc(OC)c(OC)cc4CCN3C2)cc1. The van der Waals surface area contributed by atoms with Gasteiger partial charge in [0.05, 0.1) is 33.7 Å². The summed E-state index contributed by atoms with van der Waals surface area (Å²) in [7, 11) is 5.10. The minimum absolute atomic E-state index is 0.769. The molecule has 0 saturated heterocycles. The number of methoxy groups -OCH3 is 3.